The Labute approximate surface area is 134 Å². The molecular weight excluding hydrogens is 294 g/mol. The second-order valence-electron chi connectivity index (χ2n) is 6.66. The topological polar surface area (TPSA) is 101 Å². The van der Waals surface area contributed by atoms with Crippen LogP contribution in [0.5, 0.6) is 0 Å². The lowest BCUT2D eigenvalue weighted by Gasteiger charge is -2.31. The number of tetrazole rings is 1. The normalized spacial score (nSPS) is 22.7. The number of fused-ring (bicyclic) bond motifs is 1. The molecule has 23 heavy (non-hydrogen) atoms. The van der Waals surface area contributed by atoms with Crippen molar-refractivity contribution in [2.75, 3.05) is 0 Å². The zero-order chi connectivity index (χ0) is 15.9. The molecule has 2 aliphatic rings. The molecule has 1 atom stereocenters. The Hall–Kier alpha value is -2.25. The number of aromatic nitrogens is 6. The Balaban J connectivity index is 1.52. The zero-order valence-electron chi connectivity index (χ0n) is 13.2. The quantitative estimate of drug-likeness (QED) is 0.874. The fraction of sp³-hybridized carbons (Fsp3) is 0.667. The van der Waals surface area contributed by atoms with Crippen LogP contribution in [0.4, 0.5) is 0 Å². The van der Waals surface area contributed by atoms with Gasteiger partial charge in [0.15, 0.2) is 5.82 Å². The number of carbonyl (C=O) groups is 1. The maximum Gasteiger partial charge on any atom is 0.225 e. The molecule has 0 spiro atoms. The van der Waals surface area contributed by atoms with Gasteiger partial charge in [-0.3, -0.25) is 4.79 Å². The fourth-order valence-electron chi connectivity index (χ4n) is 3.90. The maximum atomic E-state index is 12.9. The van der Waals surface area contributed by atoms with Gasteiger partial charge >= 0.3 is 0 Å². The molecule has 1 unspecified atom stereocenters. The van der Waals surface area contributed by atoms with Crippen molar-refractivity contribution in [2.24, 2.45) is 5.92 Å². The molecule has 2 aromatic heterocycles. The van der Waals surface area contributed by atoms with Gasteiger partial charge in [0.1, 0.15) is 11.4 Å². The van der Waals surface area contributed by atoms with Gasteiger partial charge in [0.05, 0.1) is 5.92 Å². The van der Waals surface area contributed by atoms with Crippen molar-refractivity contribution in [3.63, 3.8) is 0 Å². The van der Waals surface area contributed by atoms with E-state index in [-0.39, 0.29) is 11.8 Å². The van der Waals surface area contributed by atoms with E-state index in [9.17, 15) is 4.79 Å². The highest BCUT2D eigenvalue weighted by Gasteiger charge is 2.42. The SMILES string of the molecule is Cc1ncc2n1CC(C(=O)NC1(c3nn[nH]n3)CCCC1)CC2. The summed E-state index contributed by atoms with van der Waals surface area (Å²) in [6.07, 6.45) is 7.57. The van der Waals surface area contributed by atoms with Crippen LogP contribution in [0.15, 0.2) is 6.20 Å². The largest absolute Gasteiger partial charge is 0.343 e. The molecular formula is C15H21N7O. The van der Waals surface area contributed by atoms with Crippen LogP contribution >= 0.6 is 0 Å². The molecule has 1 amide bonds. The van der Waals surface area contributed by atoms with E-state index in [2.05, 4.69) is 35.5 Å². The van der Waals surface area contributed by atoms with Gasteiger partial charge in [0, 0.05) is 18.4 Å². The van der Waals surface area contributed by atoms with Gasteiger partial charge in [-0.2, -0.15) is 5.21 Å². The molecule has 3 heterocycles. The van der Waals surface area contributed by atoms with Gasteiger partial charge in [-0.1, -0.05) is 18.1 Å². The Morgan fingerprint density at radius 2 is 2.26 bits per heavy atom. The smallest absolute Gasteiger partial charge is 0.225 e. The van der Waals surface area contributed by atoms with E-state index < -0.39 is 5.54 Å². The molecule has 8 heteroatoms. The molecule has 0 radical (unpaired) electrons. The fourth-order valence-corrected chi connectivity index (χ4v) is 3.90. The predicted molar refractivity (Wildman–Crippen MR) is 81.2 cm³/mol. The minimum absolute atomic E-state index is 0.0280. The van der Waals surface area contributed by atoms with Crippen molar-refractivity contribution in [1.29, 1.82) is 0 Å². The number of nitrogens with zero attached hydrogens (tertiary/aromatic N) is 5. The lowest BCUT2D eigenvalue weighted by molar-refractivity contribution is -0.128. The number of carbonyl (C=O) groups excluding carboxylic acids is 1. The Bertz CT molecular complexity index is 699. The molecule has 2 N–H and O–H groups in total. The number of nitrogens with one attached hydrogen (secondary N) is 2. The van der Waals surface area contributed by atoms with Crippen LogP contribution in [-0.2, 0) is 23.3 Å². The molecule has 2 aromatic rings. The third kappa shape index (κ3) is 2.42. The third-order valence-electron chi connectivity index (χ3n) is 5.25. The lowest BCUT2D eigenvalue weighted by Crippen LogP contribution is -2.48. The van der Waals surface area contributed by atoms with Gasteiger partial charge in [0.25, 0.3) is 0 Å². The predicted octanol–water partition coefficient (Wildman–Crippen LogP) is 0.853. The Morgan fingerprint density at radius 3 is 3.00 bits per heavy atom. The summed E-state index contributed by atoms with van der Waals surface area (Å²) < 4.78 is 2.16. The van der Waals surface area contributed by atoms with Crippen molar-refractivity contribution in [3.05, 3.63) is 23.5 Å². The van der Waals surface area contributed by atoms with E-state index in [4.69, 9.17) is 0 Å². The van der Waals surface area contributed by atoms with Crippen molar-refractivity contribution in [3.8, 4) is 0 Å². The first kappa shape index (κ1) is 14.3. The van der Waals surface area contributed by atoms with Crippen LogP contribution < -0.4 is 5.32 Å². The first-order valence-corrected chi connectivity index (χ1v) is 8.25. The van der Waals surface area contributed by atoms with E-state index in [1.807, 2.05) is 13.1 Å². The third-order valence-corrected chi connectivity index (χ3v) is 5.25. The van der Waals surface area contributed by atoms with E-state index in [1.165, 1.54) is 5.69 Å². The second kappa shape index (κ2) is 5.43. The highest BCUT2D eigenvalue weighted by Crippen LogP contribution is 2.37. The lowest BCUT2D eigenvalue weighted by atomic mass is 9.92. The van der Waals surface area contributed by atoms with Crippen molar-refractivity contribution < 1.29 is 4.79 Å². The first-order valence-electron chi connectivity index (χ1n) is 8.25. The molecule has 1 saturated carbocycles. The molecule has 1 aliphatic heterocycles. The molecule has 1 fully saturated rings. The van der Waals surface area contributed by atoms with E-state index in [0.29, 0.717) is 12.4 Å². The summed E-state index contributed by atoms with van der Waals surface area (Å²) in [6, 6.07) is 0. The molecule has 0 saturated heterocycles. The van der Waals surface area contributed by atoms with E-state index in [1.54, 1.807) is 0 Å². The average Bonchev–Trinajstić information content (AvgIpc) is 3.28. The monoisotopic (exact) mass is 315 g/mol. The molecule has 8 nitrogen and oxygen atoms in total. The minimum atomic E-state index is -0.450. The van der Waals surface area contributed by atoms with Crippen LogP contribution in [0.1, 0.15) is 49.4 Å². The van der Waals surface area contributed by atoms with Gasteiger partial charge < -0.3 is 9.88 Å². The number of aromatic amines is 1. The average molecular weight is 315 g/mol. The second-order valence-corrected chi connectivity index (χ2v) is 6.66. The van der Waals surface area contributed by atoms with Crippen molar-refractivity contribution >= 4 is 5.91 Å². The van der Waals surface area contributed by atoms with Crippen LogP contribution in [0.25, 0.3) is 0 Å². The summed E-state index contributed by atoms with van der Waals surface area (Å²) in [5.74, 6) is 1.65. The van der Waals surface area contributed by atoms with Gasteiger partial charge in [0.2, 0.25) is 5.91 Å². The molecule has 4 rings (SSSR count). The summed E-state index contributed by atoms with van der Waals surface area (Å²) >= 11 is 0. The summed E-state index contributed by atoms with van der Waals surface area (Å²) in [4.78, 5) is 17.2. The van der Waals surface area contributed by atoms with Crippen LogP contribution in [0.2, 0.25) is 0 Å². The van der Waals surface area contributed by atoms with Crippen LogP contribution in [-0.4, -0.2) is 36.1 Å². The number of H-pyrrole nitrogens is 1. The molecule has 0 bridgehead atoms. The van der Waals surface area contributed by atoms with Crippen molar-refractivity contribution in [1.82, 2.24) is 35.5 Å². The summed E-state index contributed by atoms with van der Waals surface area (Å²) in [5.41, 5.74) is 0.772. The van der Waals surface area contributed by atoms with Crippen molar-refractivity contribution in [2.45, 2.75) is 57.5 Å². The number of aryl methyl sites for hydroxylation is 2. The van der Waals surface area contributed by atoms with E-state index >= 15 is 0 Å². The zero-order valence-corrected chi connectivity index (χ0v) is 13.2. The number of imidazole rings is 1. The Morgan fingerprint density at radius 1 is 1.43 bits per heavy atom. The molecule has 122 valence electrons. The minimum Gasteiger partial charge on any atom is -0.343 e. The number of rotatable bonds is 3. The van der Waals surface area contributed by atoms with Gasteiger partial charge in [-0.15, -0.1) is 10.2 Å². The highest BCUT2D eigenvalue weighted by molar-refractivity contribution is 5.79. The van der Waals surface area contributed by atoms with E-state index in [0.717, 1.165) is 44.3 Å². The number of hydrogen-bond donors (Lipinski definition) is 2. The highest BCUT2D eigenvalue weighted by atomic mass is 16.2. The summed E-state index contributed by atoms with van der Waals surface area (Å²) in [5, 5.41) is 17.7. The standard InChI is InChI=1S/C15H21N7O/c1-10-16-8-12-5-4-11(9-22(10)12)13(23)17-15(6-2-3-7-15)14-18-20-21-19-14/h8,11H,2-7,9H2,1H3,(H,17,23)(H,18,19,20,21). The van der Waals surface area contributed by atoms with Crippen LogP contribution in [0.3, 0.4) is 0 Å². The molecule has 1 aliphatic carbocycles. The molecule has 0 aromatic carbocycles. The van der Waals surface area contributed by atoms with Gasteiger partial charge in [-0.25, -0.2) is 4.98 Å². The number of amides is 1. The first-order chi connectivity index (χ1) is 11.2. The van der Waals surface area contributed by atoms with Gasteiger partial charge in [-0.05, 0) is 32.6 Å². The van der Waals surface area contributed by atoms with Crippen LogP contribution in [0, 0.1) is 12.8 Å². The maximum absolute atomic E-state index is 12.9. The Kier molecular flexibility index (Phi) is 3.39. The summed E-state index contributed by atoms with van der Waals surface area (Å²) in [6.45, 7) is 2.69. The summed E-state index contributed by atoms with van der Waals surface area (Å²) in [7, 11) is 0. The number of hydrogen-bond acceptors (Lipinski definition) is 5.